The summed E-state index contributed by atoms with van der Waals surface area (Å²) in [6, 6.07) is 0. The van der Waals surface area contributed by atoms with Crippen LogP contribution < -0.4 is 4.90 Å². The van der Waals surface area contributed by atoms with Gasteiger partial charge in [0.15, 0.2) is 6.10 Å². The van der Waals surface area contributed by atoms with Crippen molar-refractivity contribution in [1.82, 2.24) is 10.2 Å². The van der Waals surface area contributed by atoms with Crippen molar-refractivity contribution >= 4 is 28.1 Å². The fourth-order valence-electron chi connectivity index (χ4n) is 3.04. The quantitative estimate of drug-likeness (QED) is 0.825. The number of hydrogen-bond acceptors (Lipinski definition) is 5. The summed E-state index contributed by atoms with van der Waals surface area (Å²) in [5, 5.41) is 7.96. The van der Waals surface area contributed by atoms with Gasteiger partial charge in [-0.3, -0.25) is 0 Å². The minimum absolute atomic E-state index is 0.195. The van der Waals surface area contributed by atoms with Crippen molar-refractivity contribution in [1.29, 1.82) is 0 Å². The van der Waals surface area contributed by atoms with Gasteiger partial charge in [0, 0.05) is 6.54 Å². The Labute approximate surface area is 129 Å². The lowest BCUT2D eigenvalue weighted by Gasteiger charge is -2.40. The van der Waals surface area contributed by atoms with E-state index in [1.165, 1.54) is 0 Å². The summed E-state index contributed by atoms with van der Waals surface area (Å²) in [7, 11) is 0. The minimum atomic E-state index is -4.37. The molecular formula is C12H15ClF3N3OS. The molecule has 9 heteroatoms. The minimum Gasteiger partial charge on any atom is -0.362 e. The normalized spacial score (nSPS) is 28.3. The molecule has 2 atom stereocenters. The third-order valence-electron chi connectivity index (χ3n) is 4.08. The zero-order valence-electron chi connectivity index (χ0n) is 11.1. The van der Waals surface area contributed by atoms with E-state index in [1.54, 1.807) is 4.90 Å². The van der Waals surface area contributed by atoms with Gasteiger partial charge in [-0.2, -0.15) is 13.2 Å². The maximum Gasteiger partial charge on any atom is 0.416 e. The molecular weight excluding hydrogens is 327 g/mol. The monoisotopic (exact) mass is 341 g/mol. The number of anilines is 1. The fraction of sp³-hybridized carbons (Fsp3) is 0.833. The van der Waals surface area contributed by atoms with Crippen LogP contribution in [-0.4, -0.2) is 41.7 Å². The number of morpholine rings is 1. The van der Waals surface area contributed by atoms with Crippen LogP contribution in [0.3, 0.4) is 0 Å². The lowest BCUT2D eigenvalue weighted by molar-refractivity contribution is -0.241. The smallest absolute Gasteiger partial charge is 0.362 e. The fourth-order valence-corrected chi connectivity index (χ4v) is 3.88. The summed E-state index contributed by atoms with van der Waals surface area (Å²) in [4.78, 5) is 1.61. The highest BCUT2D eigenvalue weighted by Gasteiger charge is 2.47. The van der Waals surface area contributed by atoms with Crippen LogP contribution >= 0.6 is 22.9 Å². The Kier molecular flexibility index (Phi) is 4.29. The van der Waals surface area contributed by atoms with Crippen LogP contribution in [0.4, 0.5) is 18.3 Å². The van der Waals surface area contributed by atoms with Crippen molar-refractivity contribution in [2.75, 3.05) is 18.0 Å². The van der Waals surface area contributed by atoms with Gasteiger partial charge in [-0.15, -0.1) is 10.2 Å². The van der Waals surface area contributed by atoms with Gasteiger partial charge in [0.1, 0.15) is 0 Å². The molecule has 118 valence electrons. The summed E-state index contributed by atoms with van der Waals surface area (Å²) in [6.45, 7) is 0.168. The summed E-state index contributed by atoms with van der Waals surface area (Å²) >= 11 is 6.83. The van der Waals surface area contributed by atoms with Crippen molar-refractivity contribution in [3.05, 3.63) is 4.47 Å². The summed E-state index contributed by atoms with van der Waals surface area (Å²) in [5.74, 6) is 0.195. The molecule has 1 aromatic heterocycles. The number of rotatable bonds is 2. The highest BCUT2D eigenvalue weighted by Crippen LogP contribution is 2.37. The molecule has 2 aliphatic rings. The number of hydrogen-bond donors (Lipinski definition) is 0. The Bertz CT molecular complexity index is 492. The first-order chi connectivity index (χ1) is 9.93. The molecule has 4 nitrogen and oxygen atoms in total. The second-order valence-corrected chi connectivity index (χ2v) is 7.03. The molecule has 2 unspecified atom stereocenters. The van der Waals surface area contributed by atoms with Crippen LogP contribution in [0, 0.1) is 5.92 Å². The van der Waals surface area contributed by atoms with Crippen LogP contribution in [0.5, 0.6) is 0 Å². The van der Waals surface area contributed by atoms with Crippen LogP contribution in [-0.2, 0) is 4.74 Å². The van der Waals surface area contributed by atoms with E-state index in [4.69, 9.17) is 16.3 Å². The SMILES string of the molecule is FC(F)(F)C1CN(c2nnc(Cl)s2)CC(C2CCCC2)O1. The highest BCUT2D eigenvalue weighted by molar-refractivity contribution is 7.19. The molecule has 0 radical (unpaired) electrons. The molecule has 3 rings (SSSR count). The third kappa shape index (κ3) is 3.43. The molecule has 1 aromatic rings. The van der Waals surface area contributed by atoms with E-state index in [2.05, 4.69) is 10.2 Å². The van der Waals surface area contributed by atoms with Crippen LogP contribution in [0.15, 0.2) is 0 Å². The Balaban J connectivity index is 1.79. The first-order valence-corrected chi connectivity index (χ1v) is 8.09. The van der Waals surface area contributed by atoms with Crippen molar-refractivity contribution in [3.8, 4) is 0 Å². The average molecular weight is 342 g/mol. The first-order valence-electron chi connectivity index (χ1n) is 6.89. The zero-order valence-corrected chi connectivity index (χ0v) is 12.7. The standard InChI is InChI=1S/C12H15ClF3N3OS/c13-10-17-18-11(21-10)19-5-8(7-3-1-2-4-7)20-9(6-19)12(14,15)16/h7-9H,1-6H2. The Morgan fingerprint density at radius 2 is 1.90 bits per heavy atom. The van der Waals surface area contributed by atoms with Gasteiger partial charge >= 0.3 is 6.18 Å². The second-order valence-electron chi connectivity index (χ2n) is 5.49. The molecule has 0 aromatic carbocycles. The highest BCUT2D eigenvalue weighted by atomic mass is 35.5. The van der Waals surface area contributed by atoms with Gasteiger partial charge in [0.25, 0.3) is 0 Å². The van der Waals surface area contributed by atoms with Gasteiger partial charge in [0.05, 0.1) is 12.6 Å². The van der Waals surface area contributed by atoms with Crippen molar-refractivity contribution in [2.45, 2.75) is 44.1 Å². The molecule has 2 heterocycles. The molecule has 1 saturated carbocycles. The van der Waals surface area contributed by atoms with Gasteiger partial charge in [-0.05, 0) is 30.4 Å². The lowest BCUT2D eigenvalue weighted by Crippen LogP contribution is -2.54. The predicted molar refractivity (Wildman–Crippen MR) is 73.8 cm³/mol. The summed E-state index contributed by atoms with van der Waals surface area (Å²) < 4.78 is 44.8. The zero-order chi connectivity index (χ0) is 15.0. The molecule has 0 N–H and O–H groups in total. The van der Waals surface area contributed by atoms with Crippen molar-refractivity contribution in [3.63, 3.8) is 0 Å². The summed E-state index contributed by atoms with van der Waals surface area (Å²) in [5.41, 5.74) is 0. The van der Waals surface area contributed by atoms with E-state index in [1.807, 2.05) is 0 Å². The average Bonchev–Trinajstić information content (AvgIpc) is 3.08. The van der Waals surface area contributed by atoms with E-state index < -0.39 is 18.4 Å². The Morgan fingerprint density at radius 1 is 1.19 bits per heavy atom. The molecule has 1 aliphatic carbocycles. The van der Waals surface area contributed by atoms with E-state index in [0.29, 0.717) is 11.7 Å². The van der Waals surface area contributed by atoms with E-state index in [0.717, 1.165) is 37.0 Å². The number of alkyl halides is 3. The van der Waals surface area contributed by atoms with Crippen molar-refractivity contribution < 1.29 is 17.9 Å². The molecule has 0 amide bonds. The number of aromatic nitrogens is 2. The van der Waals surface area contributed by atoms with E-state index >= 15 is 0 Å². The van der Waals surface area contributed by atoms with E-state index in [-0.39, 0.29) is 16.9 Å². The number of nitrogens with zero attached hydrogens (tertiary/aromatic N) is 3. The van der Waals surface area contributed by atoms with Crippen LogP contribution in [0.25, 0.3) is 0 Å². The molecule has 1 saturated heterocycles. The third-order valence-corrected chi connectivity index (χ3v) is 5.16. The second kappa shape index (κ2) is 5.89. The van der Waals surface area contributed by atoms with Gasteiger partial charge < -0.3 is 9.64 Å². The van der Waals surface area contributed by atoms with Gasteiger partial charge in [-0.25, -0.2) is 0 Å². The molecule has 0 spiro atoms. The van der Waals surface area contributed by atoms with Crippen LogP contribution in [0.2, 0.25) is 4.47 Å². The molecule has 2 fully saturated rings. The number of halogens is 4. The molecule has 0 bridgehead atoms. The summed E-state index contributed by atoms with van der Waals surface area (Å²) in [6.07, 6.45) is -2.57. The van der Waals surface area contributed by atoms with Crippen LogP contribution in [0.1, 0.15) is 25.7 Å². The number of ether oxygens (including phenoxy) is 1. The van der Waals surface area contributed by atoms with E-state index in [9.17, 15) is 13.2 Å². The topological polar surface area (TPSA) is 38.2 Å². The largest absolute Gasteiger partial charge is 0.416 e. The maximum absolute atomic E-state index is 13.1. The van der Waals surface area contributed by atoms with Crippen molar-refractivity contribution in [2.24, 2.45) is 5.92 Å². The Morgan fingerprint density at radius 3 is 2.48 bits per heavy atom. The molecule has 21 heavy (non-hydrogen) atoms. The molecule has 1 aliphatic heterocycles. The maximum atomic E-state index is 13.1. The first kappa shape index (κ1) is 15.3. The Hall–Kier alpha value is -0.600. The predicted octanol–water partition coefficient (Wildman–Crippen LogP) is 3.52. The van der Waals surface area contributed by atoms with Gasteiger partial charge in [0.2, 0.25) is 9.60 Å². The van der Waals surface area contributed by atoms with Gasteiger partial charge in [-0.1, -0.05) is 24.2 Å². The lowest BCUT2D eigenvalue weighted by atomic mass is 9.98.